The standard InChI is InChI=1S/C14H16BrNS/c1-11(13-6-2-3-7-14(13)15)16-9-8-12-5-4-10-17-12/h2-7,10-11,16H,8-9H2,1H3/t11-/m0/s1. The van der Waals surface area contributed by atoms with Crippen LogP contribution in [0.4, 0.5) is 0 Å². The number of benzene rings is 1. The summed E-state index contributed by atoms with van der Waals surface area (Å²) in [6, 6.07) is 13.1. The van der Waals surface area contributed by atoms with Crippen LogP contribution in [0.25, 0.3) is 0 Å². The lowest BCUT2D eigenvalue weighted by atomic mass is 10.1. The smallest absolute Gasteiger partial charge is 0.0303 e. The number of thiophene rings is 1. The van der Waals surface area contributed by atoms with Gasteiger partial charge in [-0.1, -0.05) is 40.2 Å². The monoisotopic (exact) mass is 309 g/mol. The Morgan fingerprint density at radius 3 is 2.76 bits per heavy atom. The van der Waals surface area contributed by atoms with Crippen LogP contribution in [0.1, 0.15) is 23.4 Å². The highest BCUT2D eigenvalue weighted by Crippen LogP contribution is 2.22. The van der Waals surface area contributed by atoms with E-state index < -0.39 is 0 Å². The van der Waals surface area contributed by atoms with Crippen LogP contribution in [0.5, 0.6) is 0 Å². The van der Waals surface area contributed by atoms with Crippen LogP contribution >= 0.6 is 27.3 Å². The first-order valence-corrected chi connectivity index (χ1v) is 7.45. The maximum atomic E-state index is 3.59. The Kier molecular flexibility index (Phi) is 4.77. The molecule has 1 atom stereocenters. The van der Waals surface area contributed by atoms with Crippen molar-refractivity contribution in [2.45, 2.75) is 19.4 Å². The normalized spacial score (nSPS) is 12.6. The Morgan fingerprint density at radius 1 is 1.24 bits per heavy atom. The molecule has 0 aliphatic carbocycles. The van der Waals surface area contributed by atoms with Crippen LogP contribution in [0, 0.1) is 0 Å². The molecule has 1 aromatic heterocycles. The van der Waals surface area contributed by atoms with Crippen LogP contribution < -0.4 is 5.32 Å². The van der Waals surface area contributed by atoms with E-state index in [0.29, 0.717) is 6.04 Å². The van der Waals surface area contributed by atoms with Crippen LogP contribution in [0.15, 0.2) is 46.3 Å². The largest absolute Gasteiger partial charge is 0.310 e. The molecular weight excluding hydrogens is 294 g/mol. The molecule has 90 valence electrons. The zero-order valence-corrected chi connectivity index (χ0v) is 12.2. The predicted octanol–water partition coefficient (Wildman–Crippen LogP) is 4.40. The Bertz CT molecular complexity index is 453. The average molecular weight is 310 g/mol. The van der Waals surface area contributed by atoms with E-state index in [-0.39, 0.29) is 0 Å². The molecule has 0 fully saturated rings. The number of hydrogen-bond acceptors (Lipinski definition) is 2. The lowest BCUT2D eigenvalue weighted by molar-refractivity contribution is 0.577. The van der Waals surface area contributed by atoms with Gasteiger partial charge in [0.2, 0.25) is 0 Å². The first kappa shape index (κ1) is 12.8. The van der Waals surface area contributed by atoms with Gasteiger partial charge in [0.1, 0.15) is 0 Å². The van der Waals surface area contributed by atoms with Crippen molar-refractivity contribution in [1.29, 1.82) is 0 Å². The van der Waals surface area contributed by atoms with Crippen molar-refractivity contribution in [2.24, 2.45) is 0 Å². The summed E-state index contributed by atoms with van der Waals surface area (Å²) in [5.41, 5.74) is 1.32. The van der Waals surface area contributed by atoms with Gasteiger partial charge in [0.05, 0.1) is 0 Å². The Hall–Kier alpha value is -0.640. The lowest BCUT2D eigenvalue weighted by Crippen LogP contribution is -2.21. The fourth-order valence-corrected chi connectivity index (χ4v) is 3.14. The molecule has 0 saturated heterocycles. The lowest BCUT2D eigenvalue weighted by Gasteiger charge is -2.15. The van der Waals surface area contributed by atoms with Crippen LogP contribution in [-0.2, 0) is 6.42 Å². The maximum absolute atomic E-state index is 3.59. The van der Waals surface area contributed by atoms with E-state index in [2.05, 4.69) is 63.9 Å². The Balaban J connectivity index is 1.85. The van der Waals surface area contributed by atoms with Gasteiger partial charge in [0, 0.05) is 21.9 Å². The molecule has 2 aromatic rings. The van der Waals surface area contributed by atoms with E-state index in [1.165, 1.54) is 14.9 Å². The summed E-state index contributed by atoms with van der Waals surface area (Å²) < 4.78 is 1.18. The van der Waals surface area contributed by atoms with Gasteiger partial charge in [0.25, 0.3) is 0 Å². The Morgan fingerprint density at radius 2 is 2.06 bits per heavy atom. The molecule has 0 radical (unpaired) electrons. The van der Waals surface area contributed by atoms with Gasteiger partial charge in [-0.05, 0) is 36.4 Å². The fourth-order valence-electron chi connectivity index (χ4n) is 1.80. The molecule has 1 nitrogen and oxygen atoms in total. The van der Waals surface area contributed by atoms with Crippen molar-refractivity contribution >= 4 is 27.3 Å². The first-order chi connectivity index (χ1) is 8.27. The second-order valence-corrected chi connectivity index (χ2v) is 5.91. The molecule has 0 spiro atoms. The maximum Gasteiger partial charge on any atom is 0.0303 e. The van der Waals surface area contributed by atoms with Crippen LogP contribution in [0.2, 0.25) is 0 Å². The minimum Gasteiger partial charge on any atom is -0.310 e. The highest BCUT2D eigenvalue weighted by atomic mass is 79.9. The first-order valence-electron chi connectivity index (χ1n) is 5.77. The van der Waals surface area contributed by atoms with Gasteiger partial charge < -0.3 is 5.32 Å². The van der Waals surface area contributed by atoms with E-state index in [1.54, 1.807) is 0 Å². The molecule has 2 rings (SSSR count). The molecule has 3 heteroatoms. The van der Waals surface area contributed by atoms with Gasteiger partial charge in [-0.2, -0.15) is 0 Å². The molecule has 0 bridgehead atoms. The van der Waals surface area contributed by atoms with Gasteiger partial charge in [-0.15, -0.1) is 11.3 Å². The molecular formula is C14H16BrNS. The quantitative estimate of drug-likeness (QED) is 0.863. The summed E-state index contributed by atoms with van der Waals surface area (Å²) in [6.07, 6.45) is 1.10. The van der Waals surface area contributed by atoms with Crippen molar-refractivity contribution in [3.63, 3.8) is 0 Å². The third-order valence-electron chi connectivity index (χ3n) is 2.77. The molecule has 1 heterocycles. The van der Waals surface area contributed by atoms with Crippen molar-refractivity contribution in [2.75, 3.05) is 6.54 Å². The minimum atomic E-state index is 0.380. The third kappa shape index (κ3) is 3.66. The van der Waals surface area contributed by atoms with Crippen molar-refractivity contribution in [3.8, 4) is 0 Å². The zero-order chi connectivity index (χ0) is 12.1. The van der Waals surface area contributed by atoms with Gasteiger partial charge >= 0.3 is 0 Å². The topological polar surface area (TPSA) is 12.0 Å². The van der Waals surface area contributed by atoms with E-state index in [9.17, 15) is 0 Å². The predicted molar refractivity (Wildman–Crippen MR) is 78.6 cm³/mol. The SMILES string of the molecule is C[C@H](NCCc1cccs1)c1ccccc1Br. The van der Waals surface area contributed by atoms with E-state index in [1.807, 2.05) is 17.4 Å². The molecule has 17 heavy (non-hydrogen) atoms. The fraction of sp³-hybridized carbons (Fsp3) is 0.286. The van der Waals surface area contributed by atoms with Crippen molar-refractivity contribution in [1.82, 2.24) is 5.32 Å². The summed E-state index contributed by atoms with van der Waals surface area (Å²) in [7, 11) is 0. The number of halogens is 1. The molecule has 0 saturated carbocycles. The Labute approximate surface area is 115 Å². The minimum absolute atomic E-state index is 0.380. The second kappa shape index (κ2) is 6.34. The van der Waals surface area contributed by atoms with E-state index >= 15 is 0 Å². The summed E-state index contributed by atoms with van der Waals surface area (Å²) in [6.45, 7) is 3.22. The average Bonchev–Trinajstić information content (AvgIpc) is 2.82. The van der Waals surface area contributed by atoms with Gasteiger partial charge in [-0.25, -0.2) is 0 Å². The van der Waals surface area contributed by atoms with E-state index in [0.717, 1.165) is 13.0 Å². The summed E-state index contributed by atoms with van der Waals surface area (Å²) in [4.78, 5) is 1.44. The van der Waals surface area contributed by atoms with Crippen molar-refractivity contribution < 1.29 is 0 Å². The molecule has 1 N–H and O–H groups in total. The van der Waals surface area contributed by atoms with Crippen molar-refractivity contribution in [3.05, 3.63) is 56.7 Å². The summed E-state index contributed by atoms with van der Waals surface area (Å²) in [5.74, 6) is 0. The molecule has 0 amide bonds. The highest BCUT2D eigenvalue weighted by Gasteiger charge is 2.07. The molecule has 0 aliphatic rings. The third-order valence-corrected chi connectivity index (χ3v) is 4.43. The van der Waals surface area contributed by atoms with Crippen LogP contribution in [-0.4, -0.2) is 6.54 Å². The summed E-state index contributed by atoms with van der Waals surface area (Å²) in [5, 5.41) is 5.69. The van der Waals surface area contributed by atoms with Gasteiger partial charge in [0.15, 0.2) is 0 Å². The molecule has 0 aliphatic heterocycles. The number of hydrogen-bond donors (Lipinski definition) is 1. The number of nitrogens with one attached hydrogen (secondary N) is 1. The molecule has 0 unspecified atom stereocenters. The second-order valence-electron chi connectivity index (χ2n) is 4.03. The molecule has 1 aromatic carbocycles. The summed E-state index contributed by atoms with van der Waals surface area (Å²) >= 11 is 5.41. The van der Waals surface area contributed by atoms with Crippen LogP contribution in [0.3, 0.4) is 0 Å². The highest BCUT2D eigenvalue weighted by molar-refractivity contribution is 9.10. The van der Waals surface area contributed by atoms with Gasteiger partial charge in [-0.3, -0.25) is 0 Å². The zero-order valence-electron chi connectivity index (χ0n) is 9.82. The van der Waals surface area contributed by atoms with E-state index in [4.69, 9.17) is 0 Å². The number of rotatable bonds is 5.